The molecule has 1 aromatic carbocycles. The summed E-state index contributed by atoms with van der Waals surface area (Å²) >= 11 is 0. The first-order valence-electron chi connectivity index (χ1n) is 6.45. The van der Waals surface area contributed by atoms with E-state index in [4.69, 9.17) is 10.5 Å². The number of ketones is 1. The molecule has 0 atom stereocenters. The van der Waals surface area contributed by atoms with E-state index in [2.05, 4.69) is 4.98 Å². The van der Waals surface area contributed by atoms with E-state index in [1.54, 1.807) is 25.4 Å². The fraction of sp³-hybridized carbons (Fsp3) is 0.250. The summed E-state index contributed by atoms with van der Waals surface area (Å²) in [7, 11) is 1.61. The number of aromatic nitrogens is 1. The maximum absolute atomic E-state index is 12.3. The minimum absolute atomic E-state index is 0.0333. The largest absolute Gasteiger partial charge is 0.496 e. The average Bonchev–Trinajstić information content (AvgIpc) is 2.47. The molecule has 20 heavy (non-hydrogen) atoms. The number of nitrogens with zero attached hydrogens (tertiary/aromatic N) is 1. The first kappa shape index (κ1) is 14.2. The number of rotatable bonds is 5. The van der Waals surface area contributed by atoms with Gasteiger partial charge in [-0.1, -0.05) is 17.7 Å². The molecule has 0 radical (unpaired) electrons. The molecule has 0 saturated carbocycles. The number of aryl methyl sites for hydroxylation is 1. The predicted molar refractivity (Wildman–Crippen MR) is 77.9 cm³/mol. The van der Waals surface area contributed by atoms with Crippen molar-refractivity contribution in [2.75, 3.05) is 7.11 Å². The van der Waals surface area contributed by atoms with Crippen LogP contribution in [0.1, 0.15) is 27.2 Å². The van der Waals surface area contributed by atoms with E-state index >= 15 is 0 Å². The third-order valence-corrected chi connectivity index (χ3v) is 3.13. The van der Waals surface area contributed by atoms with Crippen molar-refractivity contribution in [3.8, 4) is 5.75 Å². The van der Waals surface area contributed by atoms with E-state index in [-0.39, 0.29) is 5.78 Å². The van der Waals surface area contributed by atoms with Crippen LogP contribution in [-0.4, -0.2) is 17.9 Å². The van der Waals surface area contributed by atoms with Gasteiger partial charge < -0.3 is 10.5 Å². The number of hydrogen-bond acceptors (Lipinski definition) is 4. The molecule has 4 heteroatoms. The minimum Gasteiger partial charge on any atom is -0.496 e. The summed E-state index contributed by atoms with van der Waals surface area (Å²) in [4.78, 5) is 16.4. The Labute approximate surface area is 118 Å². The van der Waals surface area contributed by atoms with E-state index in [0.29, 0.717) is 24.2 Å². The van der Waals surface area contributed by atoms with Gasteiger partial charge in [-0.3, -0.25) is 9.78 Å². The van der Waals surface area contributed by atoms with Crippen molar-refractivity contribution in [2.45, 2.75) is 19.9 Å². The lowest BCUT2D eigenvalue weighted by Gasteiger charge is -2.09. The fourth-order valence-electron chi connectivity index (χ4n) is 2.08. The van der Waals surface area contributed by atoms with Crippen LogP contribution in [-0.2, 0) is 13.0 Å². The van der Waals surface area contributed by atoms with E-state index in [0.717, 1.165) is 16.9 Å². The van der Waals surface area contributed by atoms with Gasteiger partial charge in [0.1, 0.15) is 5.75 Å². The number of carbonyl (C=O) groups excluding carboxylic acids is 1. The van der Waals surface area contributed by atoms with Gasteiger partial charge in [0, 0.05) is 30.3 Å². The second-order valence-electron chi connectivity index (χ2n) is 4.66. The Morgan fingerprint density at radius 2 is 2.10 bits per heavy atom. The Morgan fingerprint density at radius 1 is 1.30 bits per heavy atom. The van der Waals surface area contributed by atoms with Crippen LogP contribution in [0.3, 0.4) is 0 Å². The van der Waals surface area contributed by atoms with Gasteiger partial charge in [-0.2, -0.15) is 0 Å². The van der Waals surface area contributed by atoms with E-state index in [9.17, 15) is 4.79 Å². The molecule has 0 spiro atoms. The molecule has 1 aromatic heterocycles. The van der Waals surface area contributed by atoms with Crippen molar-refractivity contribution >= 4 is 5.78 Å². The number of Topliss-reactive ketones (excluding diaryl/α,β-unsaturated/α-hetero) is 1. The second kappa shape index (κ2) is 6.30. The lowest BCUT2D eigenvalue weighted by atomic mass is 10.0. The summed E-state index contributed by atoms with van der Waals surface area (Å²) < 4.78 is 5.30. The highest BCUT2D eigenvalue weighted by atomic mass is 16.5. The number of ether oxygens (including phenoxy) is 1. The Bertz CT molecular complexity index is 624. The van der Waals surface area contributed by atoms with Gasteiger partial charge in [-0.05, 0) is 25.1 Å². The Kier molecular flexibility index (Phi) is 4.48. The van der Waals surface area contributed by atoms with Gasteiger partial charge in [0.25, 0.3) is 0 Å². The van der Waals surface area contributed by atoms with Crippen LogP contribution >= 0.6 is 0 Å². The molecule has 0 aliphatic rings. The van der Waals surface area contributed by atoms with E-state index in [1.807, 2.05) is 25.1 Å². The topological polar surface area (TPSA) is 65.2 Å². The SMILES string of the molecule is COc1ccc(C)cc1CC(=O)c1ccnc(CN)c1. The number of hydrogen-bond donors (Lipinski definition) is 1. The summed E-state index contributed by atoms with van der Waals surface area (Å²) in [6.07, 6.45) is 1.92. The lowest BCUT2D eigenvalue weighted by Crippen LogP contribution is -2.08. The number of pyridine rings is 1. The molecule has 0 unspecified atom stereocenters. The molecule has 2 rings (SSSR count). The highest BCUT2D eigenvalue weighted by Gasteiger charge is 2.12. The first-order valence-corrected chi connectivity index (χ1v) is 6.45. The number of nitrogens with two attached hydrogens (primary N) is 1. The fourth-order valence-corrected chi connectivity index (χ4v) is 2.08. The molecule has 0 saturated heterocycles. The van der Waals surface area contributed by atoms with Crippen LogP contribution in [0, 0.1) is 6.92 Å². The van der Waals surface area contributed by atoms with E-state index < -0.39 is 0 Å². The highest BCUT2D eigenvalue weighted by molar-refractivity contribution is 5.97. The lowest BCUT2D eigenvalue weighted by molar-refractivity contribution is 0.0992. The molecular formula is C16H18N2O2. The maximum Gasteiger partial charge on any atom is 0.167 e. The van der Waals surface area contributed by atoms with Crippen LogP contribution in [0.25, 0.3) is 0 Å². The van der Waals surface area contributed by atoms with Gasteiger partial charge in [0.15, 0.2) is 5.78 Å². The molecule has 0 aliphatic carbocycles. The van der Waals surface area contributed by atoms with Crippen molar-refractivity contribution < 1.29 is 9.53 Å². The third-order valence-electron chi connectivity index (χ3n) is 3.13. The van der Waals surface area contributed by atoms with Gasteiger partial charge in [0.2, 0.25) is 0 Å². The molecule has 0 aliphatic heterocycles. The highest BCUT2D eigenvalue weighted by Crippen LogP contribution is 2.21. The quantitative estimate of drug-likeness (QED) is 0.846. The first-order chi connectivity index (χ1) is 9.63. The minimum atomic E-state index is 0.0333. The van der Waals surface area contributed by atoms with E-state index in [1.165, 1.54) is 0 Å². The smallest absolute Gasteiger partial charge is 0.167 e. The van der Waals surface area contributed by atoms with Crippen LogP contribution in [0.2, 0.25) is 0 Å². The van der Waals surface area contributed by atoms with Crippen LogP contribution < -0.4 is 10.5 Å². The molecule has 0 fully saturated rings. The molecule has 0 bridgehead atoms. The zero-order chi connectivity index (χ0) is 14.5. The molecular weight excluding hydrogens is 252 g/mol. The second-order valence-corrected chi connectivity index (χ2v) is 4.66. The Morgan fingerprint density at radius 3 is 2.80 bits per heavy atom. The summed E-state index contributed by atoms with van der Waals surface area (Å²) in [6.45, 7) is 2.32. The Hall–Kier alpha value is -2.20. The number of carbonyl (C=O) groups is 1. The van der Waals surface area contributed by atoms with Crippen molar-refractivity contribution in [1.29, 1.82) is 0 Å². The molecule has 0 amide bonds. The van der Waals surface area contributed by atoms with Crippen LogP contribution in [0.15, 0.2) is 36.5 Å². The van der Waals surface area contributed by atoms with Gasteiger partial charge >= 0.3 is 0 Å². The predicted octanol–water partition coefficient (Wildman–Crippen LogP) is 2.28. The zero-order valence-electron chi connectivity index (χ0n) is 11.7. The number of methoxy groups -OCH3 is 1. The maximum atomic E-state index is 12.3. The molecule has 2 N–H and O–H groups in total. The van der Waals surface area contributed by atoms with Gasteiger partial charge in [-0.25, -0.2) is 0 Å². The van der Waals surface area contributed by atoms with Gasteiger partial charge in [0.05, 0.1) is 12.8 Å². The zero-order valence-corrected chi connectivity index (χ0v) is 11.7. The van der Waals surface area contributed by atoms with Crippen molar-refractivity contribution in [2.24, 2.45) is 5.73 Å². The summed E-state index contributed by atoms with van der Waals surface area (Å²) in [5.74, 6) is 0.767. The average molecular weight is 270 g/mol. The monoisotopic (exact) mass is 270 g/mol. The standard InChI is InChI=1S/C16H18N2O2/c1-11-3-4-16(20-2)13(7-11)9-15(19)12-5-6-18-14(8-12)10-17/h3-8H,9-10,17H2,1-2H3. The third kappa shape index (κ3) is 3.22. The van der Waals surface area contributed by atoms with Crippen LogP contribution in [0.5, 0.6) is 5.75 Å². The molecule has 2 aromatic rings. The molecule has 104 valence electrons. The molecule has 4 nitrogen and oxygen atoms in total. The van der Waals surface area contributed by atoms with Crippen LogP contribution in [0.4, 0.5) is 0 Å². The van der Waals surface area contributed by atoms with Crippen molar-refractivity contribution in [3.63, 3.8) is 0 Å². The van der Waals surface area contributed by atoms with Gasteiger partial charge in [-0.15, -0.1) is 0 Å². The summed E-state index contributed by atoms with van der Waals surface area (Å²) in [5, 5.41) is 0. The molecule has 1 heterocycles. The Balaban J connectivity index is 2.25. The van der Waals surface area contributed by atoms with Crippen molar-refractivity contribution in [1.82, 2.24) is 4.98 Å². The summed E-state index contributed by atoms with van der Waals surface area (Å²) in [6, 6.07) is 9.28. The normalized spacial score (nSPS) is 10.3. The van der Waals surface area contributed by atoms with Crippen molar-refractivity contribution in [3.05, 3.63) is 58.9 Å². The number of benzene rings is 1. The summed E-state index contributed by atoms with van der Waals surface area (Å²) in [5.41, 5.74) is 8.88.